The minimum Gasteiger partial charge on any atom is -0.451 e. The first-order valence-corrected chi connectivity index (χ1v) is 7.76. The maximum absolute atomic E-state index is 13.8. The average molecular weight is 392 g/mol. The van der Waals surface area contributed by atoms with Crippen LogP contribution in [0.5, 0.6) is 11.5 Å². The zero-order valence-corrected chi connectivity index (χ0v) is 13.0. The molecule has 0 heterocycles. The summed E-state index contributed by atoms with van der Waals surface area (Å²) in [5.74, 6) is -0.931. The van der Waals surface area contributed by atoms with Crippen LogP contribution in [0.2, 0.25) is 0 Å². The van der Waals surface area contributed by atoms with Crippen LogP contribution < -0.4 is 4.74 Å². The molecule has 100 valence electrons. The van der Waals surface area contributed by atoms with Gasteiger partial charge in [-0.1, -0.05) is 56.1 Å². The summed E-state index contributed by atoms with van der Waals surface area (Å²) in [6, 6.07) is 9.20. The van der Waals surface area contributed by atoms with Crippen LogP contribution in [0.4, 0.5) is 8.78 Å². The van der Waals surface area contributed by atoms with Crippen molar-refractivity contribution >= 4 is 31.9 Å². The van der Waals surface area contributed by atoms with Crippen molar-refractivity contribution in [3.8, 4) is 11.5 Å². The number of hydrogen-bond donors (Lipinski definition) is 0. The monoisotopic (exact) mass is 390 g/mol. The van der Waals surface area contributed by atoms with Gasteiger partial charge in [-0.15, -0.1) is 0 Å². The lowest BCUT2D eigenvalue weighted by Crippen LogP contribution is -1.98. The summed E-state index contributed by atoms with van der Waals surface area (Å²) in [4.78, 5) is 0. The summed E-state index contributed by atoms with van der Waals surface area (Å²) < 4.78 is 33.1. The van der Waals surface area contributed by atoms with Gasteiger partial charge < -0.3 is 4.74 Å². The Bertz CT molecular complexity index is 536. The van der Waals surface area contributed by atoms with E-state index < -0.39 is 11.6 Å². The lowest BCUT2D eigenvalue weighted by atomic mass is 10.2. The van der Waals surface area contributed by atoms with Gasteiger partial charge in [-0.25, -0.2) is 8.78 Å². The first-order chi connectivity index (χ1) is 9.17. The molecule has 2 aromatic carbocycles. The summed E-state index contributed by atoms with van der Waals surface area (Å²) in [5, 5.41) is 0.858. The maximum Gasteiger partial charge on any atom is 0.167 e. The van der Waals surface area contributed by atoms with Crippen LogP contribution in [0.1, 0.15) is 11.1 Å². The predicted octanol–water partition coefficient (Wildman–Crippen LogP) is 5.55. The quantitative estimate of drug-likeness (QED) is 0.621. The van der Waals surface area contributed by atoms with Crippen LogP contribution in [0, 0.1) is 11.6 Å². The second kappa shape index (κ2) is 6.48. The Labute approximate surface area is 126 Å². The van der Waals surface area contributed by atoms with Crippen molar-refractivity contribution in [3.05, 3.63) is 59.2 Å². The Morgan fingerprint density at radius 1 is 0.789 bits per heavy atom. The Morgan fingerprint density at radius 3 is 1.58 bits per heavy atom. The molecule has 0 aliphatic heterocycles. The largest absolute Gasteiger partial charge is 0.451 e. The number of alkyl halides is 2. The normalized spacial score (nSPS) is 10.5. The van der Waals surface area contributed by atoms with Crippen LogP contribution in [-0.2, 0) is 10.7 Å². The second-order valence-corrected chi connectivity index (χ2v) is 4.95. The van der Waals surface area contributed by atoms with Crippen molar-refractivity contribution in [1.82, 2.24) is 0 Å². The highest BCUT2D eigenvalue weighted by molar-refractivity contribution is 9.08. The molecule has 0 atom stereocenters. The Balaban J connectivity index is 2.47. The standard InChI is InChI=1S/C14H10Br2F2O/c15-7-9-3-1-5-11(17)13(9)19-14-10(8-16)4-2-6-12(14)18/h1-6H,7-8H2. The van der Waals surface area contributed by atoms with Crippen molar-refractivity contribution < 1.29 is 13.5 Å². The Kier molecular flexibility index (Phi) is 4.93. The fourth-order valence-corrected chi connectivity index (χ4v) is 2.53. The van der Waals surface area contributed by atoms with Crippen molar-refractivity contribution in [3.63, 3.8) is 0 Å². The van der Waals surface area contributed by atoms with E-state index >= 15 is 0 Å². The number of hydrogen-bond acceptors (Lipinski definition) is 1. The Hall–Kier alpha value is -0.940. The van der Waals surface area contributed by atoms with E-state index in [0.29, 0.717) is 21.8 Å². The molecule has 0 aliphatic carbocycles. The third-order valence-corrected chi connectivity index (χ3v) is 3.80. The summed E-state index contributed by atoms with van der Waals surface area (Å²) in [6.07, 6.45) is 0. The number of para-hydroxylation sites is 2. The lowest BCUT2D eigenvalue weighted by Gasteiger charge is -2.13. The average Bonchev–Trinajstić information content (AvgIpc) is 2.42. The van der Waals surface area contributed by atoms with Gasteiger partial charge >= 0.3 is 0 Å². The number of rotatable bonds is 4. The summed E-state index contributed by atoms with van der Waals surface area (Å²) in [6.45, 7) is 0. The van der Waals surface area contributed by atoms with Gasteiger partial charge in [0.15, 0.2) is 23.1 Å². The van der Waals surface area contributed by atoms with Gasteiger partial charge in [0.25, 0.3) is 0 Å². The molecular weight excluding hydrogens is 382 g/mol. The van der Waals surface area contributed by atoms with E-state index in [-0.39, 0.29) is 11.5 Å². The van der Waals surface area contributed by atoms with Gasteiger partial charge in [-0.2, -0.15) is 0 Å². The smallest absolute Gasteiger partial charge is 0.167 e. The predicted molar refractivity (Wildman–Crippen MR) is 78.1 cm³/mol. The molecule has 5 heteroatoms. The topological polar surface area (TPSA) is 9.23 Å². The first kappa shape index (κ1) is 14.5. The second-order valence-electron chi connectivity index (χ2n) is 3.83. The van der Waals surface area contributed by atoms with Gasteiger partial charge in [0, 0.05) is 21.8 Å². The van der Waals surface area contributed by atoms with Crippen LogP contribution in [0.3, 0.4) is 0 Å². The highest BCUT2D eigenvalue weighted by Crippen LogP contribution is 2.34. The molecular formula is C14H10Br2F2O. The summed E-state index contributed by atoms with van der Waals surface area (Å²) in [7, 11) is 0. The molecule has 0 N–H and O–H groups in total. The van der Waals surface area contributed by atoms with Crippen LogP contribution >= 0.6 is 31.9 Å². The molecule has 0 saturated carbocycles. The van der Waals surface area contributed by atoms with E-state index in [9.17, 15) is 8.78 Å². The van der Waals surface area contributed by atoms with E-state index in [4.69, 9.17) is 4.74 Å². The van der Waals surface area contributed by atoms with Crippen molar-refractivity contribution in [2.75, 3.05) is 0 Å². The third-order valence-electron chi connectivity index (χ3n) is 2.59. The molecule has 0 spiro atoms. The summed E-state index contributed by atoms with van der Waals surface area (Å²) in [5.41, 5.74) is 1.26. The molecule has 0 amide bonds. The fourth-order valence-electron chi connectivity index (χ4n) is 1.65. The van der Waals surface area contributed by atoms with Crippen LogP contribution in [0.15, 0.2) is 36.4 Å². The first-order valence-electron chi connectivity index (χ1n) is 5.52. The SMILES string of the molecule is Fc1cccc(CBr)c1Oc1c(F)cccc1CBr. The molecule has 0 fully saturated rings. The third kappa shape index (κ3) is 3.15. The minimum absolute atomic E-state index is 0.0478. The Morgan fingerprint density at radius 2 is 1.21 bits per heavy atom. The van der Waals surface area contributed by atoms with Crippen molar-refractivity contribution in [1.29, 1.82) is 0 Å². The zero-order valence-electron chi connectivity index (χ0n) is 9.80. The molecule has 1 nitrogen and oxygen atoms in total. The summed E-state index contributed by atoms with van der Waals surface area (Å²) >= 11 is 6.52. The molecule has 19 heavy (non-hydrogen) atoms. The van der Waals surface area contributed by atoms with E-state index in [1.165, 1.54) is 12.1 Å². The minimum atomic E-state index is -0.513. The number of halogens is 4. The van der Waals surface area contributed by atoms with E-state index in [1.807, 2.05) is 0 Å². The fraction of sp³-hybridized carbons (Fsp3) is 0.143. The highest BCUT2D eigenvalue weighted by Gasteiger charge is 2.15. The maximum atomic E-state index is 13.8. The molecule has 2 aromatic rings. The van der Waals surface area contributed by atoms with Crippen molar-refractivity contribution in [2.45, 2.75) is 10.7 Å². The van der Waals surface area contributed by atoms with Crippen LogP contribution in [0.25, 0.3) is 0 Å². The molecule has 0 aromatic heterocycles. The van der Waals surface area contributed by atoms with Gasteiger partial charge in [-0.05, 0) is 12.1 Å². The van der Waals surface area contributed by atoms with Crippen molar-refractivity contribution in [2.24, 2.45) is 0 Å². The molecule has 0 bridgehead atoms. The molecule has 0 radical (unpaired) electrons. The zero-order chi connectivity index (χ0) is 13.8. The number of ether oxygens (including phenoxy) is 1. The van der Waals surface area contributed by atoms with Gasteiger partial charge in [-0.3, -0.25) is 0 Å². The van der Waals surface area contributed by atoms with Crippen LogP contribution in [-0.4, -0.2) is 0 Å². The molecule has 0 saturated heterocycles. The molecule has 0 aliphatic rings. The molecule has 0 unspecified atom stereocenters. The van der Waals surface area contributed by atoms with Gasteiger partial charge in [0.2, 0.25) is 0 Å². The van der Waals surface area contributed by atoms with E-state index in [1.54, 1.807) is 24.3 Å². The van der Waals surface area contributed by atoms with E-state index in [0.717, 1.165) is 0 Å². The van der Waals surface area contributed by atoms with Gasteiger partial charge in [0.05, 0.1) is 0 Å². The highest BCUT2D eigenvalue weighted by atomic mass is 79.9. The number of benzene rings is 2. The van der Waals surface area contributed by atoms with E-state index in [2.05, 4.69) is 31.9 Å². The van der Waals surface area contributed by atoms with Gasteiger partial charge in [0.1, 0.15) is 0 Å². The lowest BCUT2D eigenvalue weighted by molar-refractivity contribution is 0.408. The molecule has 2 rings (SSSR count).